The molecule has 0 rings (SSSR count). The van der Waals surface area contributed by atoms with E-state index in [9.17, 15) is 47.6 Å². The second-order valence-corrected chi connectivity index (χ2v) is 17.3. The van der Waals surface area contributed by atoms with Gasteiger partial charge in [0.15, 0.2) is 0 Å². The van der Waals surface area contributed by atoms with Crippen LogP contribution in [0.1, 0.15) is 25.7 Å². The van der Waals surface area contributed by atoms with Crippen molar-refractivity contribution in [1.82, 2.24) is 0 Å². The minimum absolute atomic E-state index is 0.443. The van der Waals surface area contributed by atoms with E-state index in [2.05, 4.69) is 8.62 Å². The summed E-state index contributed by atoms with van der Waals surface area (Å²) in [4.78, 5) is 57.5. The van der Waals surface area contributed by atoms with Crippen molar-refractivity contribution < 1.29 is 65.3 Å². The van der Waals surface area contributed by atoms with Gasteiger partial charge in [-0.15, -0.1) is 92.8 Å². The molecule has 6 unspecified atom stereocenters. The Bertz CT molecular complexity index is 884. The van der Waals surface area contributed by atoms with Crippen LogP contribution in [0.2, 0.25) is 0 Å². The molecule has 0 fully saturated rings. The molecule has 40 heavy (non-hydrogen) atoms. The molecule has 0 radical (unpaired) electrons. The fourth-order valence-corrected chi connectivity index (χ4v) is 8.98. The van der Waals surface area contributed by atoms with Gasteiger partial charge in [-0.05, 0) is 25.7 Å². The molecule has 6 atom stereocenters. The minimum atomic E-state index is -5.94. The summed E-state index contributed by atoms with van der Waals surface area (Å²) in [6, 6.07) is 0. The van der Waals surface area contributed by atoms with Crippen LogP contribution in [0.25, 0.3) is 0 Å². The Morgan fingerprint density at radius 1 is 0.500 bits per heavy atom. The molecule has 242 valence electrons. The van der Waals surface area contributed by atoms with Crippen LogP contribution in [0.15, 0.2) is 0 Å². The van der Waals surface area contributed by atoms with Crippen molar-refractivity contribution in [3.8, 4) is 0 Å². The van der Waals surface area contributed by atoms with E-state index in [1.54, 1.807) is 0 Å². The lowest BCUT2D eigenvalue weighted by atomic mass is 9.71. The highest BCUT2D eigenvalue weighted by molar-refractivity contribution is 7.61. The topological polar surface area (TPSA) is 227 Å². The Morgan fingerprint density at radius 3 is 0.850 bits per heavy atom. The Hall–Kier alpha value is 2.84. The van der Waals surface area contributed by atoms with Gasteiger partial charge in [0.05, 0.1) is 0 Å². The second-order valence-electron chi connectivity index (χ2n) is 8.08. The molecule has 0 amide bonds. The Kier molecular flexibility index (Phi) is 18.9. The van der Waals surface area contributed by atoms with Gasteiger partial charge in [0, 0.05) is 45.0 Å². The van der Waals surface area contributed by atoms with Gasteiger partial charge in [0.1, 0.15) is 11.2 Å². The van der Waals surface area contributed by atoms with Crippen molar-refractivity contribution >= 4 is 124 Å². The normalized spacial score (nSPS) is 22.2. The van der Waals surface area contributed by atoms with Crippen molar-refractivity contribution in [2.24, 2.45) is 0 Å². The molecule has 0 heterocycles. The summed E-state index contributed by atoms with van der Waals surface area (Å²) in [5.74, 6) is -1.77. The summed E-state index contributed by atoms with van der Waals surface area (Å²) < 4.78 is 67.2. The molecule has 0 aromatic carbocycles. The molecule has 0 aliphatic carbocycles. The Balaban J connectivity index is 7.85. The van der Waals surface area contributed by atoms with Gasteiger partial charge in [-0.3, -0.25) is 9.05 Å². The molecule has 26 heteroatoms. The maximum absolute atomic E-state index is 12.9. The molecule has 0 aliphatic rings. The van der Waals surface area contributed by atoms with E-state index in [0.29, 0.717) is 0 Å². The van der Waals surface area contributed by atoms with E-state index >= 15 is 0 Å². The summed E-state index contributed by atoms with van der Waals surface area (Å²) in [6.45, 7) is 0. The molecule has 14 nitrogen and oxygen atoms in total. The van der Waals surface area contributed by atoms with Crippen LogP contribution < -0.4 is 0 Å². The average Bonchev–Trinajstić information content (AvgIpc) is 2.74. The number of hydrogen-bond donors (Lipinski definition) is 6. The molecule has 0 aromatic rings. The zero-order valence-corrected chi connectivity index (χ0v) is 29.4. The van der Waals surface area contributed by atoms with E-state index in [4.69, 9.17) is 102 Å². The fraction of sp³-hybridized carbons (Fsp3) is 1.00. The minimum Gasteiger partial charge on any atom is -0.302 e. The maximum atomic E-state index is 12.9. The number of phosphoric acid groups is 4. The van der Waals surface area contributed by atoms with E-state index in [1.165, 1.54) is 0 Å². The average molecular weight is 826 g/mol. The van der Waals surface area contributed by atoms with Crippen molar-refractivity contribution in [1.29, 1.82) is 0 Å². The smallest absolute Gasteiger partial charge is 0.302 e. The van der Waals surface area contributed by atoms with Crippen molar-refractivity contribution in [3.05, 3.63) is 0 Å². The lowest BCUT2D eigenvalue weighted by Gasteiger charge is -2.52. The first-order valence-electron chi connectivity index (χ1n) is 10.3. The number of hydrogen-bond acceptors (Lipinski definition) is 8. The van der Waals surface area contributed by atoms with Crippen molar-refractivity contribution in [2.45, 2.75) is 58.4 Å². The van der Waals surface area contributed by atoms with Crippen LogP contribution >= 0.6 is 124 Å². The number of phosphoric ester groups is 2. The lowest BCUT2D eigenvalue weighted by molar-refractivity contribution is -0.151. The van der Waals surface area contributed by atoms with Gasteiger partial charge in [0.25, 0.3) is 0 Å². The highest BCUT2D eigenvalue weighted by Gasteiger charge is 2.62. The van der Waals surface area contributed by atoms with Crippen molar-refractivity contribution in [3.63, 3.8) is 0 Å². The van der Waals surface area contributed by atoms with E-state index in [0.717, 1.165) is 0 Å². The highest BCUT2D eigenvalue weighted by Crippen LogP contribution is 2.67. The van der Waals surface area contributed by atoms with E-state index in [1.807, 2.05) is 0 Å². The van der Waals surface area contributed by atoms with E-state index in [-0.39, 0.29) is 0 Å². The van der Waals surface area contributed by atoms with Crippen LogP contribution in [0.4, 0.5) is 0 Å². The third kappa shape index (κ3) is 15.9. The van der Waals surface area contributed by atoms with Gasteiger partial charge in [-0.25, -0.2) is 18.3 Å². The van der Waals surface area contributed by atoms with Gasteiger partial charge < -0.3 is 29.4 Å². The predicted octanol–water partition coefficient (Wildman–Crippen LogP) is 5.86. The van der Waals surface area contributed by atoms with Crippen LogP contribution in [0, 0.1) is 0 Å². The van der Waals surface area contributed by atoms with Crippen LogP contribution in [-0.4, -0.2) is 85.6 Å². The van der Waals surface area contributed by atoms with Crippen molar-refractivity contribution in [2.75, 3.05) is 23.5 Å². The summed E-state index contributed by atoms with van der Waals surface area (Å²) in [5.41, 5.74) is -5.46. The first-order chi connectivity index (χ1) is 17.9. The Labute approximate surface area is 269 Å². The summed E-state index contributed by atoms with van der Waals surface area (Å²) in [5, 5.41) is -5.19. The third-order valence-electron chi connectivity index (χ3n) is 4.70. The standard InChI is InChI=1S/C14H26Cl8O14P4/c15-5-9(19)1-13(2-10(20)6-16,33-39(29,30)35-37(23,24)25)14(3-11(21)7-17,4-12(22)8-18)34-40(31,32)36-38(26,27)28/h9-12H,1-8H2,(H,29,30)(H,31,32)(H2,23,24,25)(H2,26,27,28). The first kappa shape index (κ1) is 42.8. The maximum Gasteiger partial charge on any atom is 0.481 e. The highest BCUT2D eigenvalue weighted by atomic mass is 35.5. The summed E-state index contributed by atoms with van der Waals surface area (Å²) >= 11 is 48.4. The van der Waals surface area contributed by atoms with Crippen LogP contribution in [0.5, 0.6) is 0 Å². The zero-order valence-electron chi connectivity index (χ0n) is 19.7. The predicted molar refractivity (Wildman–Crippen MR) is 153 cm³/mol. The van der Waals surface area contributed by atoms with Crippen LogP contribution in [-0.2, 0) is 35.9 Å². The van der Waals surface area contributed by atoms with Gasteiger partial charge in [-0.2, -0.15) is 8.62 Å². The quantitative estimate of drug-likeness (QED) is 0.0589. The summed E-state index contributed by atoms with van der Waals surface area (Å²) in [6.07, 6.45) is -3.22. The third-order valence-corrected chi connectivity index (χ3v) is 12.6. The van der Waals surface area contributed by atoms with Crippen LogP contribution in [0.3, 0.4) is 0 Å². The molecule has 0 saturated heterocycles. The van der Waals surface area contributed by atoms with E-state index < -0.39 is 113 Å². The zero-order chi connectivity index (χ0) is 31.8. The number of rotatable bonds is 21. The molecule has 0 saturated carbocycles. The Morgan fingerprint density at radius 2 is 0.700 bits per heavy atom. The van der Waals surface area contributed by atoms with Gasteiger partial charge >= 0.3 is 31.3 Å². The fourth-order valence-electron chi connectivity index (χ4n) is 3.62. The SMILES string of the molecule is O=P(O)(O)OP(=O)(O)OC(CC(Cl)CCl)(CC(Cl)CCl)C(CC(Cl)CCl)(CC(Cl)CCl)OP(=O)(O)OP(=O)(O)O. The first-order valence-corrected chi connectivity index (χ1v) is 20.2. The summed E-state index contributed by atoms with van der Waals surface area (Å²) in [7, 11) is -23.4. The number of alkyl halides is 8. The molecule has 0 bridgehead atoms. The molecule has 0 spiro atoms. The molecular formula is C14H26Cl8O14P4. The monoisotopic (exact) mass is 822 g/mol. The molecular weight excluding hydrogens is 800 g/mol. The largest absolute Gasteiger partial charge is 0.481 e. The van der Waals surface area contributed by atoms with Gasteiger partial charge in [-0.1, -0.05) is 0 Å². The molecule has 6 N–H and O–H groups in total. The number of halogens is 8. The van der Waals surface area contributed by atoms with Gasteiger partial charge in [0.2, 0.25) is 0 Å². The molecule has 0 aliphatic heterocycles. The molecule has 0 aromatic heterocycles. The lowest BCUT2D eigenvalue weighted by Crippen LogP contribution is -2.61. The second kappa shape index (κ2) is 17.7.